The molecule has 0 radical (unpaired) electrons. The summed E-state index contributed by atoms with van der Waals surface area (Å²) >= 11 is 5.95. The number of hydrogen-bond acceptors (Lipinski definition) is 3. The molecule has 0 saturated heterocycles. The summed E-state index contributed by atoms with van der Waals surface area (Å²) in [5, 5.41) is 0.626. The summed E-state index contributed by atoms with van der Waals surface area (Å²) in [4.78, 5) is 4.23. The van der Waals surface area contributed by atoms with E-state index in [2.05, 4.69) is 4.98 Å². The molecule has 2 rings (SSSR count). The van der Waals surface area contributed by atoms with Crippen LogP contribution in [0.1, 0.15) is 0 Å². The van der Waals surface area contributed by atoms with Gasteiger partial charge in [0.1, 0.15) is 17.3 Å². The minimum Gasteiger partial charge on any atom is -0.496 e. The Kier molecular flexibility index (Phi) is 2.75. The fourth-order valence-corrected chi connectivity index (χ4v) is 1.68. The first kappa shape index (κ1) is 10.8. The predicted octanol–water partition coefficient (Wildman–Crippen LogP) is 2.33. The van der Waals surface area contributed by atoms with E-state index in [1.54, 1.807) is 36.2 Å². The Balaban J connectivity index is 2.62. The molecule has 0 aliphatic carbocycles. The van der Waals surface area contributed by atoms with Crippen LogP contribution in [0.2, 0.25) is 5.02 Å². The van der Waals surface area contributed by atoms with Crippen molar-refractivity contribution in [3.63, 3.8) is 0 Å². The number of imidazole rings is 1. The SMILES string of the molecule is COc1ccc(Cl)cc1-c1ncn(C)c1N. The smallest absolute Gasteiger partial charge is 0.131 e. The van der Waals surface area contributed by atoms with Gasteiger partial charge in [0.05, 0.1) is 13.4 Å². The summed E-state index contributed by atoms with van der Waals surface area (Å²) in [5.74, 6) is 1.29. The first-order valence-electron chi connectivity index (χ1n) is 4.74. The van der Waals surface area contributed by atoms with Gasteiger partial charge in [-0.15, -0.1) is 0 Å². The number of ether oxygens (including phenoxy) is 1. The van der Waals surface area contributed by atoms with Crippen molar-refractivity contribution in [2.24, 2.45) is 7.05 Å². The van der Waals surface area contributed by atoms with Gasteiger partial charge < -0.3 is 15.0 Å². The standard InChI is InChI=1S/C11H12ClN3O/c1-15-6-14-10(11(15)13)8-5-7(12)3-4-9(8)16-2/h3-6H,13H2,1-2H3. The second kappa shape index (κ2) is 4.06. The number of benzene rings is 1. The fraction of sp³-hybridized carbons (Fsp3) is 0.182. The van der Waals surface area contributed by atoms with Crippen molar-refractivity contribution in [1.82, 2.24) is 9.55 Å². The van der Waals surface area contributed by atoms with Crippen molar-refractivity contribution < 1.29 is 4.74 Å². The van der Waals surface area contributed by atoms with Gasteiger partial charge in [-0.1, -0.05) is 11.6 Å². The molecule has 1 aromatic heterocycles. The van der Waals surface area contributed by atoms with Crippen LogP contribution in [0.5, 0.6) is 5.75 Å². The highest BCUT2D eigenvalue weighted by Gasteiger charge is 2.13. The molecule has 5 heteroatoms. The molecule has 0 aliphatic heterocycles. The number of aryl methyl sites for hydroxylation is 1. The Hall–Kier alpha value is -1.68. The highest BCUT2D eigenvalue weighted by molar-refractivity contribution is 6.31. The fourth-order valence-electron chi connectivity index (χ4n) is 1.51. The van der Waals surface area contributed by atoms with E-state index >= 15 is 0 Å². The van der Waals surface area contributed by atoms with Crippen LogP contribution in [0.3, 0.4) is 0 Å². The molecule has 2 aromatic rings. The lowest BCUT2D eigenvalue weighted by molar-refractivity contribution is 0.416. The summed E-state index contributed by atoms with van der Waals surface area (Å²) in [6.45, 7) is 0. The summed E-state index contributed by atoms with van der Waals surface area (Å²) in [7, 11) is 3.44. The highest BCUT2D eigenvalue weighted by atomic mass is 35.5. The van der Waals surface area contributed by atoms with Gasteiger partial charge in [0.15, 0.2) is 0 Å². The first-order chi connectivity index (χ1) is 7.63. The molecule has 0 saturated carbocycles. The molecule has 0 aliphatic rings. The Morgan fingerprint density at radius 1 is 1.44 bits per heavy atom. The van der Waals surface area contributed by atoms with E-state index in [0.29, 0.717) is 22.3 Å². The molecule has 0 atom stereocenters. The van der Waals surface area contributed by atoms with Gasteiger partial charge >= 0.3 is 0 Å². The summed E-state index contributed by atoms with van der Waals surface area (Å²) in [6, 6.07) is 5.36. The molecule has 1 aromatic carbocycles. The van der Waals surface area contributed by atoms with Gasteiger partial charge in [-0.3, -0.25) is 0 Å². The summed E-state index contributed by atoms with van der Waals surface area (Å²) in [6.07, 6.45) is 1.66. The molecule has 4 nitrogen and oxygen atoms in total. The molecule has 0 spiro atoms. The monoisotopic (exact) mass is 237 g/mol. The molecular formula is C11H12ClN3O. The largest absolute Gasteiger partial charge is 0.496 e. The topological polar surface area (TPSA) is 53.1 Å². The van der Waals surface area contributed by atoms with Gasteiger partial charge in [-0.2, -0.15) is 0 Å². The number of nitrogen functional groups attached to an aromatic ring is 1. The number of anilines is 1. The molecule has 0 fully saturated rings. The second-order valence-corrected chi connectivity index (χ2v) is 3.87. The molecule has 0 unspecified atom stereocenters. The van der Waals surface area contributed by atoms with Crippen molar-refractivity contribution in [3.05, 3.63) is 29.5 Å². The van der Waals surface area contributed by atoms with E-state index in [-0.39, 0.29) is 0 Å². The lowest BCUT2D eigenvalue weighted by Crippen LogP contribution is -1.97. The number of methoxy groups -OCH3 is 1. The molecule has 16 heavy (non-hydrogen) atoms. The molecule has 0 bridgehead atoms. The van der Waals surface area contributed by atoms with E-state index in [4.69, 9.17) is 22.1 Å². The van der Waals surface area contributed by atoms with Crippen LogP contribution in [-0.2, 0) is 7.05 Å². The van der Waals surface area contributed by atoms with Crippen LogP contribution >= 0.6 is 11.6 Å². The molecular weight excluding hydrogens is 226 g/mol. The maximum Gasteiger partial charge on any atom is 0.131 e. The zero-order chi connectivity index (χ0) is 11.7. The van der Waals surface area contributed by atoms with Gasteiger partial charge in [0.2, 0.25) is 0 Å². The van der Waals surface area contributed by atoms with Crippen LogP contribution < -0.4 is 10.5 Å². The van der Waals surface area contributed by atoms with Crippen molar-refractivity contribution in [2.75, 3.05) is 12.8 Å². The van der Waals surface area contributed by atoms with Crippen LogP contribution in [-0.4, -0.2) is 16.7 Å². The lowest BCUT2D eigenvalue weighted by Gasteiger charge is -2.07. The quantitative estimate of drug-likeness (QED) is 0.872. The van der Waals surface area contributed by atoms with Crippen LogP contribution in [0, 0.1) is 0 Å². The lowest BCUT2D eigenvalue weighted by atomic mass is 10.1. The van der Waals surface area contributed by atoms with Crippen molar-refractivity contribution in [3.8, 4) is 17.0 Å². The molecule has 0 amide bonds. The Morgan fingerprint density at radius 2 is 2.19 bits per heavy atom. The highest BCUT2D eigenvalue weighted by Crippen LogP contribution is 2.34. The zero-order valence-electron chi connectivity index (χ0n) is 9.07. The third-order valence-electron chi connectivity index (χ3n) is 2.40. The van der Waals surface area contributed by atoms with Crippen molar-refractivity contribution >= 4 is 17.4 Å². The summed E-state index contributed by atoms with van der Waals surface area (Å²) < 4.78 is 7.00. The van der Waals surface area contributed by atoms with E-state index < -0.39 is 0 Å². The van der Waals surface area contributed by atoms with Gasteiger partial charge in [-0.05, 0) is 18.2 Å². The molecule has 84 valence electrons. The Bertz CT molecular complexity index is 522. The van der Waals surface area contributed by atoms with Crippen LogP contribution in [0.4, 0.5) is 5.82 Å². The van der Waals surface area contributed by atoms with Crippen LogP contribution in [0.15, 0.2) is 24.5 Å². The zero-order valence-corrected chi connectivity index (χ0v) is 9.82. The van der Waals surface area contributed by atoms with Gasteiger partial charge in [0.25, 0.3) is 0 Å². The number of hydrogen-bond donors (Lipinski definition) is 1. The number of nitrogens with zero attached hydrogens (tertiary/aromatic N) is 2. The minimum absolute atomic E-state index is 0.584. The first-order valence-corrected chi connectivity index (χ1v) is 5.12. The molecule has 2 N–H and O–H groups in total. The number of aromatic nitrogens is 2. The molecule has 1 heterocycles. The number of nitrogens with two attached hydrogens (primary N) is 1. The van der Waals surface area contributed by atoms with Crippen LogP contribution in [0.25, 0.3) is 11.3 Å². The Labute approximate surface area is 98.6 Å². The van der Waals surface area contributed by atoms with E-state index in [0.717, 1.165) is 5.56 Å². The average molecular weight is 238 g/mol. The maximum absolute atomic E-state index is 5.95. The average Bonchev–Trinajstić information content (AvgIpc) is 2.60. The van der Waals surface area contributed by atoms with Gasteiger partial charge in [-0.25, -0.2) is 4.98 Å². The van der Waals surface area contributed by atoms with Gasteiger partial charge in [0, 0.05) is 17.6 Å². The number of halogens is 1. The third kappa shape index (κ3) is 1.72. The minimum atomic E-state index is 0.584. The van der Waals surface area contributed by atoms with E-state index in [1.807, 2.05) is 7.05 Å². The Morgan fingerprint density at radius 3 is 2.75 bits per heavy atom. The number of rotatable bonds is 2. The normalized spacial score (nSPS) is 10.4. The third-order valence-corrected chi connectivity index (χ3v) is 2.63. The van der Waals surface area contributed by atoms with E-state index in [1.165, 1.54) is 0 Å². The summed E-state index contributed by atoms with van der Waals surface area (Å²) in [5.41, 5.74) is 7.39. The predicted molar refractivity (Wildman–Crippen MR) is 64.6 cm³/mol. The van der Waals surface area contributed by atoms with Crippen molar-refractivity contribution in [1.29, 1.82) is 0 Å². The second-order valence-electron chi connectivity index (χ2n) is 3.43. The van der Waals surface area contributed by atoms with Crippen molar-refractivity contribution in [2.45, 2.75) is 0 Å². The van der Waals surface area contributed by atoms with E-state index in [9.17, 15) is 0 Å². The maximum atomic E-state index is 5.95.